The van der Waals surface area contributed by atoms with Gasteiger partial charge in [-0.05, 0) is 30.2 Å². The van der Waals surface area contributed by atoms with Crippen molar-refractivity contribution in [3.05, 3.63) is 48.0 Å². The Hall–Kier alpha value is -1.91. The molecule has 0 saturated heterocycles. The molecule has 1 amide bonds. The average molecular weight is 287 g/mol. The van der Waals surface area contributed by atoms with Gasteiger partial charge in [0.15, 0.2) is 0 Å². The zero-order valence-corrected chi connectivity index (χ0v) is 12.4. The zero-order valence-electron chi connectivity index (χ0n) is 12.4. The van der Waals surface area contributed by atoms with Crippen LogP contribution >= 0.6 is 0 Å². The van der Waals surface area contributed by atoms with E-state index in [1.807, 2.05) is 49.4 Å². The van der Waals surface area contributed by atoms with Crippen LogP contribution in [0, 0.1) is 0 Å². The second kappa shape index (κ2) is 6.70. The summed E-state index contributed by atoms with van der Waals surface area (Å²) in [7, 11) is 1.58. The molecule has 0 radical (unpaired) electrons. The molecule has 0 bridgehead atoms. The molecule has 0 fully saturated rings. The largest absolute Gasteiger partial charge is 0.396 e. The van der Waals surface area contributed by atoms with Crippen LogP contribution in [0.4, 0.5) is 0 Å². The Morgan fingerprint density at radius 2 is 1.95 bits per heavy atom. The highest BCUT2D eigenvalue weighted by atomic mass is 16.5. The molecule has 4 heteroatoms. The first kappa shape index (κ1) is 15.5. The summed E-state index contributed by atoms with van der Waals surface area (Å²) in [6, 6.07) is 13.4. The van der Waals surface area contributed by atoms with Gasteiger partial charge in [-0.25, -0.2) is 0 Å². The van der Waals surface area contributed by atoms with Gasteiger partial charge in [-0.15, -0.1) is 0 Å². The Balaban J connectivity index is 2.29. The van der Waals surface area contributed by atoms with E-state index in [9.17, 15) is 9.90 Å². The van der Waals surface area contributed by atoms with E-state index in [-0.39, 0.29) is 12.5 Å². The predicted molar refractivity (Wildman–Crippen MR) is 83.4 cm³/mol. The third-order valence-electron chi connectivity index (χ3n) is 3.58. The van der Waals surface area contributed by atoms with E-state index in [0.29, 0.717) is 18.6 Å². The van der Waals surface area contributed by atoms with E-state index in [1.54, 1.807) is 7.11 Å². The average Bonchev–Trinajstić information content (AvgIpc) is 2.46. The fourth-order valence-corrected chi connectivity index (χ4v) is 2.50. The minimum absolute atomic E-state index is 0.00429. The summed E-state index contributed by atoms with van der Waals surface area (Å²) in [5.74, 6) is -0.153. The minimum atomic E-state index is -0.586. The number of aliphatic hydroxyl groups excluding tert-OH is 1. The fourth-order valence-electron chi connectivity index (χ4n) is 2.50. The Kier molecular flexibility index (Phi) is 4.94. The number of ether oxygens (including phenoxy) is 1. The molecule has 1 atom stereocenters. The molecule has 0 heterocycles. The monoisotopic (exact) mass is 287 g/mol. The number of fused-ring (bicyclic) bond motifs is 1. The lowest BCUT2D eigenvalue weighted by Crippen LogP contribution is -2.50. The SMILES string of the molecule is COCC(C)(CCO)NC(=O)c1cccc2ccccc12. The van der Waals surface area contributed by atoms with E-state index >= 15 is 0 Å². The first-order valence-corrected chi connectivity index (χ1v) is 7.00. The minimum Gasteiger partial charge on any atom is -0.396 e. The summed E-state index contributed by atoms with van der Waals surface area (Å²) < 4.78 is 5.16. The van der Waals surface area contributed by atoms with Crippen molar-refractivity contribution in [2.24, 2.45) is 0 Å². The van der Waals surface area contributed by atoms with E-state index in [2.05, 4.69) is 5.32 Å². The first-order valence-electron chi connectivity index (χ1n) is 7.00. The number of benzene rings is 2. The number of hydrogen-bond acceptors (Lipinski definition) is 3. The van der Waals surface area contributed by atoms with Crippen LogP contribution < -0.4 is 5.32 Å². The molecule has 2 N–H and O–H groups in total. The van der Waals surface area contributed by atoms with E-state index in [4.69, 9.17) is 4.74 Å². The lowest BCUT2D eigenvalue weighted by molar-refractivity contribution is 0.0727. The van der Waals surface area contributed by atoms with Crippen LogP contribution in [0.3, 0.4) is 0 Å². The van der Waals surface area contributed by atoms with Crippen molar-refractivity contribution in [3.63, 3.8) is 0 Å². The highest BCUT2D eigenvalue weighted by molar-refractivity contribution is 6.07. The third kappa shape index (κ3) is 3.60. The Labute approximate surface area is 124 Å². The van der Waals surface area contributed by atoms with Crippen molar-refractivity contribution in [3.8, 4) is 0 Å². The third-order valence-corrected chi connectivity index (χ3v) is 3.58. The van der Waals surface area contributed by atoms with Gasteiger partial charge in [-0.3, -0.25) is 4.79 Å². The van der Waals surface area contributed by atoms with Gasteiger partial charge in [0.1, 0.15) is 0 Å². The molecule has 4 nitrogen and oxygen atoms in total. The molecule has 0 aliphatic rings. The lowest BCUT2D eigenvalue weighted by Gasteiger charge is -2.29. The zero-order chi connectivity index (χ0) is 15.3. The number of methoxy groups -OCH3 is 1. The summed E-state index contributed by atoms with van der Waals surface area (Å²) in [5.41, 5.74) is 0.0470. The van der Waals surface area contributed by atoms with Crippen LogP contribution in [0.15, 0.2) is 42.5 Å². The molecular formula is C17H21NO3. The van der Waals surface area contributed by atoms with Crippen LogP contribution in [0.5, 0.6) is 0 Å². The number of hydrogen-bond donors (Lipinski definition) is 2. The van der Waals surface area contributed by atoms with Crippen molar-refractivity contribution in [1.29, 1.82) is 0 Å². The number of nitrogens with one attached hydrogen (secondary N) is 1. The van der Waals surface area contributed by atoms with Gasteiger partial charge in [0.25, 0.3) is 5.91 Å². The maximum absolute atomic E-state index is 12.6. The van der Waals surface area contributed by atoms with Crippen molar-refractivity contribution in [1.82, 2.24) is 5.32 Å². The number of rotatable bonds is 6. The Morgan fingerprint density at radius 1 is 1.24 bits per heavy atom. The Morgan fingerprint density at radius 3 is 2.67 bits per heavy atom. The van der Waals surface area contributed by atoms with Gasteiger partial charge in [0, 0.05) is 19.3 Å². The number of carbonyl (C=O) groups excluding carboxylic acids is 1. The quantitative estimate of drug-likeness (QED) is 0.857. The van der Waals surface area contributed by atoms with Gasteiger partial charge < -0.3 is 15.2 Å². The van der Waals surface area contributed by atoms with Gasteiger partial charge in [0.05, 0.1) is 12.1 Å². The Bertz CT molecular complexity index is 613. The first-order chi connectivity index (χ1) is 10.1. The molecule has 2 aromatic carbocycles. The highest BCUT2D eigenvalue weighted by Crippen LogP contribution is 2.20. The van der Waals surface area contributed by atoms with Gasteiger partial charge in [-0.1, -0.05) is 36.4 Å². The number of amides is 1. The van der Waals surface area contributed by atoms with Gasteiger partial charge in [0.2, 0.25) is 0 Å². The molecule has 0 aliphatic heterocycles. The van der Waals surface area contributed by atoms with E-state index in [1.165, 1.54) is 0 Å². The van der Waals surface area contributed by atoms with Crippen LogP contribution in [0.1, 0.15) is 23.7 Å². The maximum atomic E-state index is 12.6. The van der Waals surface area contributed by atoms with Gasteiger partial charge >= 0.3 is 0 Å². The van der Waals surface area contributed by atoms with Crippen molar-refractivity contribution in [2.45, 2.75) is 18.9 Å². The normalized spacial score (nSPS) is 13.9. The lowest BCUT2D eigenvalue weighted by atomic mass is 9.97. The maximum Gasteiger partial charge on any atom is 0.252 e. The fraction of sp³-hybridized carbons (Fsp3) is 0.353. The molecule has 1 unspecified atom stereocenters. The number of aliphatic hydroxyl groups is 1. The molecular weight excluding hydrogens is 266 g/mol. The van der Waals surface area contributed by atoms with E-state index in [0.717, 1.165) is 10.8 Å². The summed E-state index contributed by atoms with van der Waals surface area (Å²) in [6.45, 7) is 2.22. The van der Waals surface area contributed by atoms with Crippen molar-refractivity contribution in [2.75, 3.05) is 20.3 Å². The van der Waals surface area contributed by atoms with Crippen LogP contribution in [-0.4, -0.2) is 36.9 Å². The van der Waals surface area contributed by atoms with E-state index < -0.39 is 5.54 Å². The second-order valence-corrected chi connectivity index (χ2v) is 5.45. The van der Waals surface area contributed by atoms with Crippen molar-refractivity contribution < 1.29 is 14.6 Å². The predicted octanol–water partition coefficient (Wildman–Crippen LogP) is 2.36. The topological polar surface area (TPSA) is 58.6 Å². The molecule has 0 aromatic heterocycles. The standard InChI is InChI=1S/C17H21NO3/c1-17(10-11-19,12-21-2)18-16(20)15-9-5-7-13-6-3-4-8-14(13)15/h3-9,19H,10-12H2,1-2H3,(H,18,20). The van der Waals surface area contributed by atoms with Crippen LogP contribution in [0.2, 0.25) is 0 Å². The van der Waals surface area contributed by atoms with Gasteiger partial charge in [-0.2, -0.15) is 0 Å². The van der Waals surface area contributed by atoms with Crippen LogP contribution in [-0.2, 0) is 4.74 Å². The summed E-state index contributed by atoms with van der Waals surface area (Å²) in [6.07, 6.45) is 0.442. The molecule has 112 valence electrons. The molecule has 0 aliphatic carbocycles. The van der Waals surface area contributed by atoms with Crippen molar-refractivity contribution >= 4 is 16.7 Å². The molecule has 0 spiro atoms. The summed E-state index contributed by atoms with van der Waals surface area (Å²) in [5, 5.41) is 14.1. The molecule has 21 heavy (non-hydrogen) atoms. The van der Waals surface area contributed by atoms with Crippen LogP contribution in [0.25, 0.3) is 10.8 Å². The molecule has 2 rings (SSSR count). The molecule has 2 aromatic rings. The second-order valence-electron chi connectivity index (χ2n) is 5.45. The highest BCUT2D eigenvalue weighted by Gasteiger charge is 2.26. The summed E-state index contributed by atoms with van der Waals surface area (Å²) >= 11 is 0. The molecule has 0 saturated carbocycles. The summed E-state index contributed by atoms with van der Waals surface area (Å²) in [4.78, 5) is 12.6. The smallest absolute Gasteiger partial charge is 0.252 e. The number of carbonyl (C=O) groups is 1.